The molecule has 1 aromatic rings. The van der Waals surface area contributed by atoms with Gasteiger partial charge in [0.1, 0.15) is 5.83 Å². The van der Waals surface area contributed by atoms with E-state index < -0.39 is 0 Å². The van der Waals surface area contributed by atoms with E-state index in [9.17, 15) is 4.39 Å². The van der Waals surface area contributed by atoms with E-state index in [1.54, 1.807) is 18.4 Å². The number of anilines is 1. The van der Waals surface area contributed by atoms with E-state index >= 15 is 0 Å². The summed E-state index contributed by atoms with van der Waals surface area (Å²) in [6.07, 6.45) is 10.8. The van der Waals surface area contributed by atoms with Gasteiger partial charge in [0.2, 0.25) is 0 Å². The van der Waals surface area contributed by atoms with Gasteiger partial charge in [0.05, 0.1) is 5.70 Å². The summed E-state index contributed by atoms with van der Waals surface area (Å²) >= 11 is 0. The van der Waals surface area contributed by atoms with Crippen molar-refractivity contribution in [3.05, 3.63) is 89.6 Å². The van der Waals surface area contributed by atoms with E-state index in [0.29, 0.717) is 5.69 Å². The monoisotopic (exact) mass is 392 g/mol. The molecule has 0 unspecified atom stereocenters. The standard InChI is InChI=1S/C24H29FN4/c1-4-18(3)28-8-10-29(11-9-28)24(16-26)22-14-19-12-17(2)6-5-7-21(25)13-20(19)15-23(22)27/h4-7,13-16H,1,3,8-12,26-27H2,2H3/b7-5-,17-6+,21-13-,24-16+. The van der Waals surface area contributed by atoms with Crippen molar-refractivity contribution in [1.82, 2.24) is 9.80 Å². The first kappa shape index (κ1) is 20.5. The number of nitrogen functional groups attached to an aromatic ring is 1. The lowest BCUT2D eigenvalue weighted by Crippen LogP contribution is -2.44. The Morgan fingerprint density at radius 3 is 2.52 bits per heavy atom. The highest BCUT2D eigenvalue weighted by Crippen LogP contribution is 2.31. The van der Waals surface area contributed by atoms with E-state index in [1.807, 2.05) is 25.1 Å². The van der Waals surface area contributed by atoms with Gasteiger partial charge in [-0.2, -0.15) is 0 Å². The zero-order chi connectivity index (χ0) is 21.0. The Kier molecular flexibility index (Phi) is 6.27. The number of fused-ring (bicyclic) bond motifs is 1. The lowest BCUT2D eigenvalue weighted by Gasteiger charge is -2.39. The molecule has 0 amide bonds. The van der Waals surface area contributed by atoms with Crippen LogP contribution in [0.5, 0.6) is 0 Å². The second-order valence-electron chi connectivity index (χ2n) is 7.44. The first-order valence-electron chi connectivity index (χ1n) is 9.80. The molecule has 5 heteroatoms. The van der Waals surface area contributed by atoms with Crippen LogP contribution in [0.2, 0.25) is 0 Å². The highest BCUT2D eigenvalue weighted by molar-refractivity contribution is 5.78. The van der Waals surface area contributed by atoms with Crippen molar-refractivity contribution in [2.45, 2.75) is 13.3 Å². The number of hydrogen-bond donors (Lipinski definition) is 2. The largest absolute Gasteiger partial charge is 0.403 e. The zero-order valence-electron chi connectivity index (χ0n) is 17.0. The summed E-state index contributed by atoms with van der Waals surface area (Å²) in [5, 5.41) is 0. The third-order valence-corrected chi connectivity index (χ3v) is 5.41. The van der Waals surface area contributed by atoms with Gasteiger partial charge in [-0.15, -0.1) is 0 Å². The van der Waals surface area contributed by atoms with Crippen LogP contribution in [0.15, 0.2) is 72.9 Å². The number of nitrogens with two attached hydrogens (primary N) is 2. The summed E-state index contributed by atoms with van der Waals surface area (Å²) in [7, 11) is 0. The summed E-state index contributed by atoms with van der Waals surface area (Å²) in [5.74, 6) is -0.294. The summed E-state index contributed by atoms with van der Waals surface area (Å²) in [6, 6.07) is 3.89. The van der Waals surface area contributed by atoms with E-state index in [0.717, 1.165) is 66.3 Å². The molecule has 0 atom stereocenters. The molecule has 0 spiro atoms. The second kappa shape index (κ2) is 8.86. The first-order valence-corrected chi connectivity index (χ1v) is 9.80. The molecule has 0 radical (unpaired) electrons. The van der Waals surface area contributed by atoms with Gasteiger partial charge in [-0.3, -0.25) is 0 Å². The number of allylic oxidation sites excluding steroid dienone is 6. The van der Waals surface area contributed by atoms with Crippen LogP contribution in [0, 0.1) is 0 Å². The van der Waals surface area contributed by atoms with Crippen molar-refractivity contribution in [2.24, 2.45) is 5.73 Å². The number of benzene rings is 1. The molecule has 0 saturated carbocycles. The van der Waals surface area contributed by atoms with Gasteiger partial charge in [0, 0.05) is 49.3 Å². The van der Waals surface area contributed by atoms with Crippen molar-refractivity contribution in [3.63, 3.8) is 0 Å². The van der Waals surface area contributed by atoms with Crippen LogP contribution in [0.3, 0.4) is 0 Å². The molecule has 29 heavy (non-hydrogen) atoms. The van der Waals surface area contributed by atoms with Crippen molar-refractivity contribution in [3.8, 4) is 0 Å². The number of rotatable bonds is 4. The van der Waals surface area contributed by atoms with Crippen LogP contribution in [-0.2, 0) is 6.42 Å². The van der Waals surface area contributed by atoms with E-state index in [2.05, 4.69) is 23.0 Å². The van der Waals surface area contributed by atoms with Crippen LogP contribution in [-0.4, -0.2) is 36.0 Å². The van der Waals surface area contributed by atoms with E-state index in [4.69, 9.17) is 11.5 Å². The molecule has 4 N–H and O–H groups in total. The zero-order valence-corrected chi connectivity index (χ0v) is 17.0. The van der Waals surface area contributed by atoms with Crippen molar-refractivity contribution in [2.75, 3.05) is 31.9 Å². The average Bonchev–Trinajstić information content (AvgIpc) is 2.77. The predicted octanol–water partition coefficient (Wildman–Crippen LogP) is 4.21. The molecule has 152 valence electrons. The molecule has 1 aliphatic heterocycles. The Morgan fingerprint density at radius 1 is 1.17 bits per heavy atom. The molecule has 1 heterocycles. The van der Waals surface area contributed by atoms with Gasteiger partial charge < -0.3 is 21.3 Å². The Bertz CT molecular complexity index is 928. The van der Waals surface area contributed by atoms with Gasteiger partial charge >= 0.3 is 0 Å². The van der Waals surface area contributed by atoms with Gasteiger partial charge in [0.15, 0.2) is 0 Å². The van der Waals surface area contributed by atoms with Crippen molar-refractivity contribution >= 4 is 17.5 Å². The highest BCUT2D eigenvalue weighted by Gasteiger charge is 2.22. The minimum Gasteiger partial charge on any atom is -0.403 e. The number of halogens is 1. The van der Waals surface area contributed by atoms with Gasteiger partial charge in [0.25, 0.3) is 0 Å². The van der Waals surface area contributed by atoms with Crippen molar-refractivity contribution < 1.29 is 4.39 Å². The Hall–Kier alpha value is -3.21. The van der Waals surface area contributed by atoms with Crippen LogP contribution < -0.4 is 11.5 Å². The summed E-state index contributed by atoms with van der Waals surface area (Å²) in [6.45, 7) is 13.2. The maximum Gasteiger partial charge on any atom is 0.123 e. The van der Waals surface area contributed by atoms with Gasteiger partial charge in [-0.05, 0) is 54.8 Å². The molecule has 2 aliphatic rings. The maximum absolute atomic E-state index is 14.1. The Balaban J connectivity index is 1.93. The van der Waals surface area contributed by atoms with Crippen LogP contribution >= 0.6 is 0 Å². The average molecular weight is 393 g/mol. The third kappa shape index (κ3) is 4.62. The van der Waals surface area contributed by atoms with Gasteiger partial charge in [-0.1, -0.05) is 30.9 Å². The summed E-state index contributed by atoms with van der Waals surface area (Å²) < 4.78 is 14.1. The van der Waals surface area contributed by atoms with Crippen molar-refractivity contribution in [1.29, 1.82) is 0 Å². The van der Waals surface area contributed by atoms with Crippen LogP contribution in [0.4, 0.5) is 10.1 Å². The summed E-state index contributed by atoms with van der Waals surface area (Å²) in [5.41, 5.74) is 18.7. The smallest absolute Gasteiger partial charge is 0.123 e. The van der Waals surface area contributed by atoms with Crippen LogP contribution in [0.1, 0.15) is 23.6 Å². The fraction of sp³-hybridized carbons (Fsp3) is 0.250. The molecule has 4 nitrogen and oxygen atoms in total. The molecule has 1 aliphatic carbocycles. The molecule has 0 bridgehead atoms. The lowest BCUT2D eigenvalue weighted by molar-refractivity contribution is 0.219. The van der Waals surface area contributed by atoms with E-state index in [-0.39, 0.29) is 5.83 Å². The van der Waals surface area contributed by atoms with E-state index in [1.165, 1.54) is 12.2 Å². The maximum atomic E-state index is 14.1. The predicted molar refractivity (Wildman–Crippen MR) is 121 cm³/mol. The minimum absolute atomic E-state index is 0.294. The molecular weight excluding hydrogens is 363 g/mol. The molecule has 1 fully saturated rings. The molecule has 0 aromatic heterocycles. The fourth-order valence-electron chi connectivity index (χ4n) is 3.78. The number of nitrogens with zero attached hydrogens (tertiary/aromatic N) is 2. The normalized spacial score (nSPS) is 22.2. The van der Waals surface area contributed by atoms with Gasteiger partial charge in [-0.25, -0.2) is 4.39 Å². The number of piperazine rings is 1. The highest BCUT2D eigenvalue weighted by atomic mass is 19.1. The minimum atomic E-state index is -0.294. The molecular formula is C24H29FN4. The second-order valence-corrected chi connectivity index (χ2v) is 7.44. The number of hydrogen-bond acceptors (Lipinski definition) is 4. The Labute approximate surface area is 172 Å². The molecule has 1 aromatic carbocycles. The molecule has 3 rings (SSSR count). The topological polar surface area (TPSA) is 58.5 Å². The fourth-order valence-corrected chi connectivity index (χ4v) is 3.78. The Morgan fingerprint density at radius 2 is 1.86 bits per heavy atom. The third-order valence-electron chi connectivity index (χ3n) is 5.41. The van der Waals surface area contributed by atoms with Crippen LogP contribution in [0.25, 0.3) is 11.8 Å². The quantitative estimate of drug-likeness (QED) is 0.595. The molecule has 1 saturated heterocycles. The summed E-state index contributed by atoms with van der Waals surface area (Å²) in [4.78, 5) is 4.44. The lowest BCUT2D eigenvalue weighted by atomic mass is 9.95. The first-order chi connectivity index (χ1) is 13.9. The SMILES string of the molecule is C=CC(=C)N1CCN(/C(=C/N)c2cc3c(cc2N)/C=C(F)/C=C\C=C(/C)C3)CC1.